The van der Waals surface area contributed by atoms with Gasteiger partial charge in [-0.2, -0.15) is 5.10 Å². The molecule has 0 spiro atoms. The number of para-hydroxylation sites is 1. The van der Waals surface area contributed by atoms with E-state index in [1.165, 1.54) is 0 Å². The molecule has 1 unspecified atom stereocenters. The maximum absolute atomic E-state index is 13.2. The molecule has 2 aliphatic rings. The number of morpholine rings is 1. The second kappa shape index (κ2) is 9.47. The number of nitrogens with one attached hydrogen (secondary N) is 1. The van der Waals surface area contributed by atoms with Crippen LogP contribution in [-0.2, 0) is 11.3 Å². The highest BCUT2D eigenvalue weighted by atomic mass is 35.5. The first kappa shape index (κ1) is 22.4. The molecule has 2 aromatic carbocycles. The molecule has 5 rings (SSSR count). The second-order valence-corrected chi connectivity index (χ2v) is 9.51. The SMILES string of the molecule is C/C=C\n1nc(C(=O)NC2C[C@H]3COC[C@@H](C2)N3Cc2ccc(Cl)c(Cl)c2)c2ccccc21. The van der Waals surface area contributed by atoms with E-state index in [1.54, 1.807) is 4.68 Å². The molecule has 1 amide bonds. The molecule has 0 aliphatic carbocycles. The highest BCUT2D eigenvalue weighted by Gasteiger charge is 2.39. The number of amides is 1. The quantitative estimate of drug-likeness (QED) is 0.553. The number of benzene rings is 2. The van der Waals surface area contributed by atoms with E-state index in [9.17, 15) is 4.79 Å². The van der Waals surface area contributed by atoms with E-state index >= 15 is 0 Å². The smallest absolute Gasteiger partial charge is 0.272 e. The van der Waals surface area contributed by atoms with Crippen LogP contribution >= 0.6 is 23.2 Å². The third-order valence-corrected chi connectivity index (χ3v) is 7.21. The van der Waals surface area contributed by atoms with Crippen molar-refractivity contribution < 1.29 is 9.53 Å². The Hall–Kier alpha value is -2.38. The van der Waals surface area contributed by atoms with Crippen LogP contribution < -0.4 is 5.32 Å². The first-order chi connectivity index (χ1) is 16.0. The van der Waals surface area contributed by atoms with Gasteiger partial charge in [0.25, 0.3) is 5.91 Å². The summed E-state index contributed by atoms with van der Waals surface area (Å²) in [7, 11) is 0. The molecule has 3 heterocycles. The minimum absolute atomic E-state index is 0.0760. The van der Waals surface area contributed by atoms with Crippen LogP contribution in [-0.4, -0.2) is 51.9 Å². The van der Waals surface area contributed by atoms with E-state index in [1.807, 2.05) is 61.7 Å². The van der Waals surface area contributed by atoms with Crippen LogP contribution in [0.5, 0.6) is 0 Å². The van der Waals surface area contributed by atoms with Gasteiger partial charge in [0.1, 0.15) is 0 Å². The zero-order chi connectivity index (χ0) is 22.9. The van der Waals surface area contributed by atoms with Gasteiger partial charge >= 0.3 is 0 Å². The van der Waals surface area contributed by atoms with Crippen molar-refractivity contribution in [2.75, 3.05) is 13.2 Å². The molecule has 2 bridgehead atoms. The Bertz CT molecular complexity index is 1190. The molecule has 8 heteroatoms. The van der Waals surface area contributed by atoms with Gasteiger partial charge in [0, 0.05) is 36.3 Å². The lowest BCUT2D eigenvalue weighted by molar-refractivity contribution is -0.0843. The standard InChI is InChI=1S/C25H26Cl2N4O2/c1-2-9-31-23-6-4-3-5-20(23)24(29-31)25(32)28-17-11-18-14-33-15-19(12-17)30(18)13-16-7-8-21(26)22(27)10-16/h2-10,17-19H,11-15H2,1H3,(H,28,32)/b9-2-/t17?,18-,19+. The van der Waals surface area contributed by atoms with Gasteiger partial charge in [0.05, 0.1) is 28.8 Å². The highest BCUT2D eigenvalue weighted by molar-refractivity contribution is 6.42. The Morgan fingerprint density at radius 3 is 2.64 bits per heavy atom. The summed E-state index contributed by atoms with van der Waals surface area (Å²) in [5.41, 5.74) is 2.51. The maximum Gasteiger partial charge on any atom is 0.272 e. The fourth-order valence-corrected chi connectivity index (χ4v) is 5.30. The molecule has 0 radical (unpaired) electrons. The molecule has 6 nitrogen and oxygen atoms in total. The molecule has 0 saturated carbocycles. The van der Waals surface area contributed by atoms with Crippen LogP contribution in [0.1, 0.15) is 35.8 Å². The molecule has 3 atom stereocenters. The molecule has 1 N–H and O–H groups in total. The fraction of sp³-hybridized carbons (Fsp3) is 0.360. The van der Waals surface area contributed by atoms with Crippen LogP contribution in [0.25, 0.3) is 17.1 Å². The van der Waals surface area contributed by atoms with Gasteiger partial charge < -0.3 is 10.1 Å². The van der Waals surface area contributed by atoms with E-state index < -0.39 is 0 Å². The van der Waals surface area contributed by atoms with Crippen molar-refractivity contribution in [3.63, 3.8) is 0 Å². The summed E-state index contributed by atoms with van der Waals surface area (Å²) in [6, 6.07) is 14.1. The Labute approximate surface area is 203 Å². The number of allylic oxidation sites excluding steroid dienone is 1. The lowest BCUT2D eigenvalue weighted by Crippen LogP contribution is -2.60. The average Bonchev–Trinajstić information content (AvgIpc) is 3.16. The van der Waals surface area contributed by atoms with Crippen LogP contribution in [0.2, 0.25) is 10.0 Å². The second-order valence-electron chi connectivity index (χ2n) is 8.70. The maximum atomic E-state index is 13.2. The number of hydrogen-bond donors (Lipinski definition) is 1. The number of carbonyl (C=O) groups is 1. The summed E-state index contributed by atoms with van der Waals surface area (Å²) in [5, 5.41) is 9.81. The number of ether oxygens (including phenoxy) is 1. The van der Waals surface area contributed by atoms with Gasteiger partial charge in [-0.15, -0.1) is 0 Å². The molecule has 2 fully saturated rings. The summed E-state index contributed by atoms with van der Waals surface area (Å²) < 4.78 is 7.60. The lowest BCUT2D eigenvalue weighted by Gasteiger charge is -2.48. The monoisotopic (exact) mass is 484 g/mol. The number of aromatic nitrogens is 2. The Kier molecular flexibility index (Phi) is 6.43. The molecular weight excluding hydrogens is 459 g/mol. The summed E-state index contributed by atoms with van der Waals surface area (Å²) >= 11 is 12.3. The van der Waals surface area contributed by atoms with Gasteiger partial charge in [-0.25, -0.2) is 4.68 Å². The topological polar surface area (TPSA) is 59.4 Å². The normalized spacial score (nSPS) is 23.3. The summed E-state index contributed by atoms with van der Waals surface area (Å²) in [6.45, 7) is 4.03. The number of piperidine rings is 1. The first-order valence-corrected chi connectivity index (χ1v) is 12.0. The molecule has 2 aliphatic heterocycles. The van der Waals surface area contributed by atoms with Gasteiger partial charge in [-0.3, -0.25) is 9.69 Å². The van der Waals surface area contributed by atoms with Gasteiger partial charge in [-0.05, 0) is 43.5 Å². The first-order valence-electron chi connectivity index (χ1n) is 11.2. The van der Waals surface area contributed by atoms with Crippen LogP contribution in [0.3, 0.4) is 0 Å². The van der Waals surface area contributed by atoms with Crippen molar-refractivity contribution in [3.8, 4) is 0 Å². The van der Waals surface area contributed by atoms with E-state index in [4.69, 9.17) is 27.9 Å². The average molecular weight is 485 g/mol. The molecular formula is C25H26Cl2N4O2. The zero-order valence-electron chi connectivity index (χ0n) is 18.4. The minimum atomic E-state index is -0.128. The largest absolute Gasteiger partial charge is 0.378 e. The summed E-state index contributed by atoms with van der Waals surface area (Å²) in [6.07, 6.45) is 5.43. The van der Waals surface area contributed by atoms with E-state index in [2.05, 4.69) is 15.3 Å². The van der Waals surface area contributed by atoms with Crippen LogP contribution in [0.4, 0.5) is 0 Å². The van der Waals surface area contributed by atoms with Gasteiger partial charge in [0.2, 0.25) is 0 Å². The van der Waals surface area contributed by atoms with Crippen molar-refractivity contribution in [3.05, 3.63) is 69.8 Å². The van der Waals surface area contributed by atoms with Crippen molar-refractivity contribution in [2.45, 2.75) is 44.4 Å². The fourth-order valence-electron chi connectivity index (χ4n) is 4.98. The molecule has 33 heavy (non-hydrogen) atoms. The Balaban J connectivity index is 1.31. The third kappa shape index (κ3) is 4.53. The van der Waals surface area contributed by atoms with Crippen molar-refractivity contribution in [1.82, 2.24) is 20.0 Å². The molecule has 2 saturated heterocycles. The molecule has 1 aromatic heterocycles. The van der Waals surface area contributed by atoms with E-state index in [0.29, 0.717) is 29.0 Å². The van der Waals surface area contributed by atoms with E-state index in [-0.39, 0.29) is 24.0 Å². The number of hydrogen-bond acceptors (Lipinski definition) is 4. The van der Waals surface area contributed by atoms with Crippen LogP contribution in [0.15, 0.2) is 48.5 Å². The number of fused-ring (bicyclic) bond motifs is 3. The predicted molar refractivity (Wildman–Crippen MR) is 132 cm³/mol. The van der Waals surface area contributed by atoms with Gasteiger partial charge in [-0.1, -0.05) is 53.5 Å². The number of rotatable bonds is 5. The lowest BCUT2D eigenvalue weighted by atomic mass is 9.89. The predicted octanol–water partition coefficient (Wildman–Crippen LogP) is 5.00. The van der Waals surface area contributed by atoms with Crippen molar-refractivity contribution in [2.24, 2.45) is 0 Å². The number of carbonyl (C=O) groups excluding carboxylic acids is 1. The Morgan fingerprint density at radius 2 is 1.91 bits per heavy atom. The van der Waals surface area contributed by atoms with E-state index in [0.717, 1.165) is 35.9 Å². The van der Waals surface area contributed by atoms with Gasteiger partial charge in [0.15, 0.2) is 5.69 Å². The summed E-state index contributed by atoms with van der Waals surface area (Å²) in [4.78, 5) is 15.7. The zero-order valence-corrected chi connectivity index (χ0v) is 19.9. The molecule has 3 aromatic rings. The third-order valence-electron chi connectivity index (χ3n) is 6.48. The molecule has 172 valence electrons. The number of halogens is 2. The Morgan fingerprint density at radius 1 is 1.15 bits per heavy atom. The highest BCUT2D eigenvalue weighted by Crippen LogP contribution is 2.31. The summed E-state index contributed by atoms with van der Waals surface area (Å²) in [5.74, 6) is -0.128. The number of nitrogens with zero attached hydrogens (tertiary/aromatic N) is 3. The van der Waals surface area contributed by atoms with Crippen molar-refractivity contribution >= 4 is 46.2 Å². The van der Waals surface area contributed by atoms with Crippen LogP contribution in [0, 0.1) is 0 Å². The minimum Gasteiger partial charge on any atom is -0.378 e. The van der Waals surface area contributed by atoms with Crippen molar-refractivity contribution in [1.29, 1.82) is 0 Å².